The summed E-state index contributed by atoms with van der Waals surface area (Å²) in [7, 11) is 3.77. The zero-order chi connectivity index (χ0) is 16.9. The van der Waals surface area contributed by atoms with E-state index < -0.39 is 0 Å². The van der Waals surface area contributed by atoms with Gasteiger partial charge in [-0.05, 0) is 43.9 Å². The van der Waals surface area contributed by atoms with Crippen molar-refractivity contribution >= 4 is 5.91 Å². The molecule has 0 saturated heterocycles. The summed E-state index contributed by atoms with van der Waals surface area (Å²) in [6.07, 6.45) is 1.74. The monoisotopic (exact) mass is 327 g/mol. The molecule has 6 nitrogen and oxygen atoms in total. The molecule has 0 N–H and O–H groups in total. The highest BCUT2D eigenvalue weighted by molar-refractivity contribution is 5.78. The van der Waals surface area contributed by atoms with Gasteiger partial charge in [-0.2, -0.15) is 0 Å². The minimum Gasteiger partial charge on any atom is -0.454 e. The fraction of sp³-hybridized carbons (Fsp3) is 0.333. The van der Waals surface area contributed by atoms with Crippen LogP contribution in [-0.4, -0.2) is 48.1 Å². The van der Waals surface area contributed by atoms with Crippen molar-refractivity contribution in [2.24, 2.45) is 0 Å². The largest absolute Gasteiger partial charge is 0.454 e. The molecule has 1 aliphatic rings. The summed E-state index contributed by atoms with van der Waals surface area (Å²) in [4.78, 5) is 20.6. The van der Waals surface area contributed by atoms with E-state index in [1.54, 1.807) is 11.1 Å². The summed E-state index contributed by atoms with van der Waals surface area (Å²) in [5.41, 5.74) is 1.87. The number of likely N-dealkylation sites (N-methyl/N-ethyl adjacent to an activating group) is 1. The van der Waals surface area contributed by atoms with E-state index in [0.29, 0.717) is 19.6 Å². The number of hydrogen-bond acceptors (Lipinski definition) is 5. The molecule has 6 heteroatoms. The maximum atomic E-state index is 12.6. The van der Waals surface area contributed by atoms with Gasteiger partial charge in [-0.1, -0.05) is 12.1 Å². The maximum absolute atomic E-state index is 12.6. The van der Waals surface area contributed by atoms with Crippen molar-refractivity contribution in [2.75, 3.05) is 27.4 Å². The van der Waals surface area contributed by atoms with Gasteiger partial charge in [0.1, 0.15) is 0 Å². The van der Waals surface area contributed by atoms with Crippen molar-refractivity contribution in [3.63, 3.8) is 0 Å². The van der Waals surface area contributed by atoms with Crippen molar-refractivity contribution in [3.05, 3.63) is 53.9 Å². The molecule has 0 bridgehead atoms. The Hall–Kier alpha value is -2.60. The second-order valence-corrected chi connectivity index (χ2v) is 6.00. The van der Waals surface area contributed by atoms with Gasteiger partial charge in [0.15, 0.2) is 11.5 Å². The fourth-order valence-electron chi connectivity index (χ4n) is 2.55. The van der Waals surface area contributed by atoms with E-state index in [1.807, 2.05) is 55.4 Å². The normalized spacial score (nSPS) is 12.5. The average molecular weight is 327 g/mol. The Bertz CT molecular complexity index is 704. The summed E-state index contributed by atoms with van der Waals surface area (Å²) in [6.45, 7) is 1.58. The van der Waals surface area contributed by atoms with Gasteiger partial charge < -0.3 is 19.3 Å². The molecule has 0 fully saturated rings. The molecule has 1 amide bonds. The number of rotatable bonds is 6. The summed E-state index contributed by atoms with van der Waals surface area (Å²) >= 11 is 0. The standard InChI is InChI=1S/C18H21N3O3/c1-20(2)12-18(22)21(11-15-5-3-4-8-19-15)10-14-6-7-16-17(9-14)24-13-23-16/h3-9H,10-13H2,1-2H3. The molecule has 0 spiro atoms. The van der Waals surface area contributed by atoms with Crippen LogP contribution in [0.25, 0.3) is 0 Å². The van der Waals surface area contributed by atoms with Gasteiger partial charge in [0.25, 0.3) is 0 Å². The first-order valence-electron chi connectivity index (χ1n) is 7.83. The number of fused-ring (bicyclic) bond motifs is 1. The lowest BCUT2D eigenvalue weighted by atomic mass is 10.1. The third-order valence-electron chi connectivity index (χ3n) is 3.69. The molecule has 2 heterocycles. The summed E-state index contributed by atoms with van der Waals surface area (Å²) in [6, 6.07) is 11.5. The van der Waals surface area contributed by atoms with Crippen LogP contribution in [0.4, 0.5) is 0 Å². The van der Waals surface area contributed by atoms with Gasteiger partial charge in [-0.3, -0.25) is 9.78 Å². The molecule has 3 rings (SSSR count). The number of nitrogens with zero attached hydrogens (tertiary/aromatic N) is 3. The molecular formula is C18H21N3O3. The van der Waals surface area contributed by atoms with Gasteiger partial charge in [-0.25, -0.2) is 0 Å². The SMILES string of the molecule is CN(C)CC(=O)N(Cc1ccc2c(c1)OCO2)Cc1ccccn1. The van der Waals surface area contributed by atoms with Crippen LogP contribution < -0.4 is 9.47 Å². The average Bonchev–Trinajstić information content (AvgIpc) is 3.02. The number of ether oxygens (including phenoxy) is 2. The third kappa shape index (κ3) is 4.02. The molecule has 0 unspecified atom stereocenters. The number of aromatic nitrogens is 1. The first-order chi connectivity index (χ1) is 11.6. The van der Waals surface area contributed by atoms with Crippen LogP contribution in [0.5, 0.6) is 11.5 Å². The van der Waals surface area contributed by atoms with Crippen LogP contribution in [0.1, 0.15) is 11.3 Å². The van der Waals surface area contributed by atoms with Gasteiger partial charge >= 0.3 is 0 Å². The number of hydrogen-bond donors (Lipinski definition) is 0. The van der Waals surface area contributed by atoms with Crippen LogP contribution >= 0.6 is 0 Å². The lowest BCUT2D eigenvalue weighted by molar-refractivity contribution is -0.133. The lowest BCUT2D eigenvalue weighted by Gasteiger charge is -2.24. The van der Waals surface area contributed by atoms with E-state index in [1.165, 1.54) is 0 Å². The van der Waals surface area contributed by atoms with Gasteiger partial charge in [0.2, 0.25) is 12.7 Å². The van der Waals surface area contributed by atoms with Crippen molar-refractivity contribution in [2.45, 2.75) is 13.1 Å². The molecule has 1 aromatic carbocycles. The summed E-state index contributed by atoms with van der Waals surface area (Å²) in [5, 5.41) is 0. The predicted molar refractivity (Wildman–Crippen MR) is 89.6 cm³/mol. The number of amides is 1. The first-order valence-corrected chi connectivity index (χ1v) is 7.83. The van der Waals surface area contributed by atoms with Crippen LogP contribution in [0, 0.1) is 0 Å². The number of benzene rings is 1. The van der Waals surface area contributed by atoms with E-state index in [0.717, 1.165) is 22.8 Å². The van der Waals surface area contributed by atoms with Crippen LogP contribution in [-0.2, 0) is 17.9 Å². The number of carbonyl (C=O) groups excluding carboxylic acids is 1. The highest BCUT2D eigenvalue weighted by atomic mass is 16.7. The van der Waals surface area contributed by atoms with Crippen molar-refractivity contribution in [1.29, 1.82) is 0 Å². The van der Waals surface area contributed by atoms with Crippen LogP contribution in [0.3, 0.4) is 0 Å². The zero-order valence-electron chi connectivity index (χ0n) is 13.9. The van der Waals surface area contributed by atoms with E-state index in [2.05, 4.69) is 4.98 Å². The number of pyridine rings is 1. The molecule has 0 atom stereocenters. The van der Waals surface area contributed by atoms with Crippen LogP contribution in [0.2, 0.25) is 0 Å². The third-order valence-corrected chi connectivity index (χ3v) is 3.69. The van der Waals surface area contributed by atoms with E-state index >= 15 is 0 Å². The molecule has 1 aliphatic heterocycles. The fourth-order valence-corrected chi connectivity index (χ4v) is 2.55. The van der Waals surface area contributed by atoms with Crippen molar-refractivity contribution in [3.8, 4) is 11.5 Å². The minimum atomic E-state index is 0.0586. The van der Waals surface area contributed by atoms with Gasteiger partial charge in [-0.15, -0.1) is 0 Å². The Morgan fingerprint density at radius 3 is 2.71 bits per heavy atom. The Morgan fingerprint density at radius 2 is 1.96 bits per heavy atom. The second kappa shape index (κ2) is 7.31. The van der Waals surface area contributed by atoms with Gasteiger partial charge in [0.05, 0.1) is 18.8 Å². The molecule has 1 aromatic heterocycles. The van der Waals surface area contributed by atoms with Gasteiger partial charge in [0, 0.05) is 12.7 Å². The van der Waals surface area contributed by atoms with E-state index in [4.69, 9.17) is 9.47 Å². The molecule has 0 radical (unpaired) electrons. The Balaban J connectivity index is 1.77. The van der Waals surface area contributed by atoms with E-state index in [-0.39, 0.29) is 12.7 Å². The minimum absolute atomic E-state index is 0.0586. The van der Waals surface area contributed by atoms with Crippen LogP contribution in [0.15, 0.2) is 42.6 Å². The Kier molecular flexibility index (Phi) is 4.96. The zero-order valence-corrected chi connectivity index (χ0v) is 13.9. The second-order valence-electron chi connectivity index (χ2n) is 6.00. The first kappa shape index (κ1) is 16.3. The molecule has 24 heavy (non-hydrogen) atoms. The van der Waals surface area contributed by atoms with Crippen molar-refractivity contribution < 1.29 is 14.3 Å². The topological polar surface area (TPSA) is 54.9 Å². The Labute approximate surface area is 141 Å². The quantitative estimate of drug-likeness (QED) is 0.811. The summed E-state index contributed by atoms with van der Waals surface area (Å²) in [5.74, 6) is 1.53. The molecule has 0 saturated carbocycles. The molecule has 0 aliphatic carbocycles. The molecular weight excluding hydrogens is 306 g/mol. The Morgan fingerprint density at radius 1 is 1.12 bits per heavy atom. The number of carbonyl (C=O) groups is 1. The molecule has 126 valence electrons. The predicted octanol–water partition coefficient (Wildman–Crippen LogP) is 1.90. The smallest absolute Gasteiger partial charge is 0.237 e. The lowest BCUT2D eigenvalue weighted by Crippen LogP contribution is -2.37. The highest BCUT2D eigenvalue weighted by Crippen LogP contribution is 2.32. The molecule has 2 aromatic rings. The van der Waals surface area contributed by atoms with E-state index in [9.17, 15) is 4.79 Å². The summed E-state index contributed by atoms with van der Waals surface area (Å²) < 4.78 is 10.8. The maximum Gasteiger partial charge on any atom is 0.237 e. The van der Waals surface area contributed by atoms with Crippen molar-refractivity contribution in [1.82, 2.24) is 14.8 Å². The highest BCUT2D eigenvalue weighted by Gasteiger charge is 2.18.